The van der Waals surface area contributed by atoms with E-state index in [0.717, 1.165) is 36.7 Å². The van der Waals surface area contributed by atoms with Crippen molar-refractivity contribution in [2.24, 2.45) is 5.92 Å². The van der Waals surface area contributed by atoms with Crippen molar-refractivity contribution in [3.05, 3.63) is 35.7 Å². The summed E-state index contributed by atoms with van der Waals surface area (Å²) in [6, 6.07) is 7.11. The fourth-order valence-electron chi connectivity index (χ4n) is 2.71. The number of para-hydroxylation sites is 1. The van der Waals surface area contributed by atoms with Crippen molar-refractivity contribution in [1.29, 1.82) is 0 Å². The molecule has 1 saturated carbocycles. The molecule has 1 fully saturated rings. The summed E-state index contributed by atoms with van der Waals surface area (Å²) >= 11 is 0. The zero-order valence-electron chi connectivity index (χ0n) is 14.2. The largest absolute Gasteiger partial charge is 0.441 e. The molecule has 1 aliphatic carbocycles. The van der Waals surface area contributed by atoms with E-state index in [1.54, 1.807) is 18.2 Å². The van der Waals surface area contributed by atoms with Gasteiger partial charge in [0.1, 0.15) is 5.76 Å². The second kappa shape index (κ2) is 6.57. The molecular weight excluding hydrogens is 326 g/mol. The minimum absolute atomic E-state index is 0.439. The second-order valence-corrected chi connectivity index (χ2v) is 8.33. The highest BCUT2D eigenvalue weighted by molar-refractivity contribution is 7.92. The van der Waals surface area contributed by atoms with Gasteiger partial charge in [0.05, 0.1) is 23.2 Å². The quantitative estimate of drug-likeness (QED) is 0.832. The van der Waals surface area contributed by atoms with Crippen LogP contribution in [0.15, 0.2) is 28.7 Å². The summed E-state index contributed by atoms with van der Waals surface area (Å²) in [5.74, 6) is 2.03. The number of nitrogens with one attached hydrogen (secondary N) is 1. The van der Waals surface area contributed by atoms with Crippen LogP contribution >= 0.6 is 0 Å². The zero-order valence-corrected chi connectivity index (χ0v) is 15.1. The number of nitrogens with zero attached hydrogens (tertiary/aromatic N) is 2. The Hall–Kier alpha value is -1.86. The Bertz CT molecular complexity index is 825. The van der Waals surface area contributed by atoms with Crippen molar-refractivity contribution in [3.8, 4) is 11.5 Å². The molecule has 0 unspecified atom stereocenters. The van der Waals surface area contributed by atoms with Crippen LogP contribution in [0.25, 0.3) is 11.5 Å². The molecule has 0 atom stereocenters. The normalized spacial score (nSPS) is 15.0. The van der Waals surface area contributed by atoms with Crippen LogP contribution in [0.5, 0.6) is 0 Å². The second-order valence-electron chi connectivity index (χ2n) is 6.58. The summed E-state index contributed by atoms with van der Waals surface area (Å²) < 4.78 is 31.4. The average Bonchev–Trinajstić information content (AvgIpc) is 3.21. The Morgan fingerprint density at radius 1 is 1.33 bits per heavy atom. The Labute approximate surface area is 142 Å². The molecule has 1 heterocycles. The van der Waals surface area contributed by atoms with E-state index >= 15 is 0 Å². The molecule has 130 valence electrons. The number of hydrogen-bond donors (Lipinski definition) is 1. The monoisotopic (exact) mass is 349 g/mol. The van der Waals surface area contributed by atoms with Crippen LogP contribution in [-0.2, 0) is 16.6 Å². The number of aromatic nitrogens is 1. The fourth-order valence-corrected chi connectivity index (χ4v) is 3.29. The predicted molar refractivity (Wildman–Crippen MR) is 94.2 cm³/mol. The first-order valence-corrected chi connectivity index (χ1v) is 9.93. The van der Waals surface area contributed by atoms with Crippen LogP contribution in [0.2, 0.25) is 0 Å². The zero-order chi connectivity index (χ0) is 17.3. The van der Waals surface area contributed by atoms with Gasteiger partial charge in [-0.2, -0.15) is 0 Å². The Kier molecular flexibility index (Phi) is 4.64. The van der Waals surface area contributed by atoms with E-state index in [-0.39, 0.29) is 0 Å². The Balaban J connectivity index is 1.84. The summed E-state index contributed by atoms with van der Waals surface area (Å²) in [5, 5.41) is 0. The van der Waals surface area contributed by atoms with E-state index in [2.05, 4.69) is 21.7 Å². The summed E-state index contributed by atoms with van der Waals surface area (Å²) in [7, 11) is -1.28. The highest BCUT2D eigenvalue weighted by atomic mass is 32.2. The van der Waals surface area contributed by atoms with E-state index in [4.69, 9.17) is 4.42 Å². The topological polar surface area (TPSA) is 75.4 Å². The maximum Gasteiger partial charge on any atom is 0.229 e. The van der Waals surface area contributed by atoms with Crippen molar-refractivity contribution >= 4 is 15.7 Å². The molecule has 1 aliphatic rings. The molecular formula is C17H23N3O3S. The number of benzene rings is 1. The first kappa shape index (κ1) is 17.0. The van der Waals surface area contributed by atoms with Gasteiger partial charge in [-0.05, 0) is 44.9 Å². The van der Waals surface area contributed by atoms with Crippen molar-refractivity contribution in [2.45, 2.75) is 26.3 Å². The highest BCUT2D eigenvalue weighted by Crippen LogP contribution is 2.31. The van der Waals surface area contributed by atoms with E-state index in [0.29, 0.717) is 17.1 Å². The molecule has 1 aromatic heterocycles. The minimum Gasteiger partial charge on any atom is -0.441 e. The predicted octanol–water partition coefficient (Wildman–Crippen LogP) is 2.86. The van der Waals surface area contributed by atoms with Gasteiger partial charge >= 0.3 is 0 Å². The van der Waals surface area contributed by atoms with Crippen molar-refractivity contribution in [1.82, 2.24) is 9.88 Å². The first-order chi connectivity index (χ1) is 11.3. The van der Waals surface area contributed by atoms with Gasteiger partial charge in [-0.3, -0.25) is 4.72 Å². The summed E-state index contributed by atoms with van der Waals surface area (Å²) in [6.45, 7) is 3.70. The van der Waals surface area contributed by atoms with Gasteiger partial charge in [-0.25, -0.2) is 13.4 Å². The number of sulfonamides is 1. The van der Waals surface area contributed by atoms with Gasteiger partial charge in [0, 0.05) is 13.1 Å². The van der Waals surface area contributed by atoms with E-state index in [1.807, 2.05) is 13.0 Å². The number of hydrogen-bond acceptors (Lipinski definition) is 5. The number of oxazole rings is 1. The molecule has 0 bridgehead atoms. The van der Waals surface area contributed by atoms with Gasteiger partial charge < -0.3 is 9.32 Å². The van der Waals surface area contributed by atoms with Gasteiger partial charge in [0.25, 0.3) is 0 Å². The first-order valence-electron chi connectivity index (χ1n) is 8.04. The molecule has 0 amide bonds. The summed E-state index contributed by atoms with van der Waals surface area (Å²) in [4.78, 5) is 6.85. The molecule has 3 rings (SSSR count). The molecule has 0 saturated heterocycles. The van der Waals surface area contributed by atoms with Crippen LogP contribution < -0.4 is 4.72 Å². The van der Waals surface area contributed by atoms with Crippen molar-refractivity contribution < 1.29 is 12.8 Å². The maximum atomic E-state index is 11.5. The Morgan fingerprint density at radius 2 is 2.04 bits per heavy atom. The highest BCUT2D eigenvalue weighted by Gasteiger charge is 2.24. The van der Waals surface area contributed by atoms with Crippen LogP contribution in [0.3, 0.4) is 0 Å². The third-order valence-electron chi connectivity index (χ3n) is 4.03. The SMILES string of the molecule is Cc1oc(-c2ccccc2NS(C)(=O)=O)nc1CN(C)CC1CC1. The molecule has 6 nitrogen and oxygen atoms in total. The third-order valence-corrected chi connectivity index (χ3v) is 4.62. The minimum atomic E-state index is -3.36. The number of anilines is 1. The average molecular weight is 349 g/mol. The lowest BCUT2D eigenvalue weighted by molar-refractivity contribution is 0.308. The van der Waals surface area contributed by atoms with Crippen LogP contribution in [0.4, 0.5) is 5.69 Å². The third kappa shape index (κ3) is 4.36. The molecule has 1 N–H and O–H groups in total. The standard InChI is InChI=1S/C17H23N3O3S/c1-12-16(11-20(2)10-13-8-9-13)18-17(23-12)14-6-4-5-7-15(14)19-24(3,21)22/h4-7,13,19H,8-11H2,1-3H3. The molecule has 0 aliphatic heterocycles. The van der Waals surface area contributed by atoms with Gasteiger partial charge in [-0.15, -0.1) is 0 Å². The molecule has 7 heteroatoms. The van der Waals surface area contributed by atoms with Gasteiger partial charge in [0.15, 0.2) is 0 Å². The van der Waals surface area contributed by atoms with Gasteiger partial charge in [0.2, 0.25) is 15.9 Å². The van der Waals surface area contributed by atoms with E-state index in [9.17, 15) is 8.42 Å². The number of rotatable bonds is 7. The van der Waals surface area contributed by atoms with Gasteiger partial charge in [-0.1, -0.05) is 12.1 Å². The van der Waals surface area contributed by atoms with Crippen molar-refractivity contribution in [2.75, 3.05) is 24.6 Å². The van der Waals surface area contributed by atoms with E-state index in [1.165, 1.54) is 12.8 Å². The number of aryl methyl sites for hydroxylation is 1. The summed E-state index contributed by atoms with van der Waals surface area (Å²) in [6.07, 6.45) is 3.76. The lowest BCUT2D eigenvalue weighted by atomic mass is 10.2. The maximum absolute atomic E-state index is 11.5. The van der Waals surface area contributed by atoms with E-state index < -0.39 is 10.0 Å². The van der Waals surface area contributed by atoms with Crippen LogP contribution in [0, 0.1) is 12.8 Å². The van der Waals surface area contributed by atoms with Crippen LogP contribution in [0.1, 0.15) is 24.3 Å². The molecule has 0 spiro atoms. The molecule has 2 aromatic rings. The van der Waals surface area contributed by atoms with Crippen LogP contribution in [-0.4, -0.2) is 38.1 Å². The molecule has 24 heavy (non-hydrogen) atoms. The summed E-state index contributed by atoms with van der Waals surface area (Å²) in [5.41, 5.74) is 2.00. The molecule has 1 aromatic carbocycles. The smallest absolute Gasteiger partial charge is 0.229 e. The van der Waals surface area contributed by atoms with Crippen molar-refractivity contribution in [3.63, 3.8) is 0 Å². The lowest BCUT2D eigenvalue weighted by Crippen LogP contribution is -2.21. The lowest BCUT2D eigenvalue weighted by Gasteiger charge is -2.14. The fraction of sp³-hybridized carbons (Fsp3) is 0.471. The Morgan fingerprint density at radius 3 is 2.71 bits per heavy atom. The molecule has 0 radical (unpaired) electrons.